The fraction of sp³-hybridized carbons (Fsp3) is 0.385. The largest absolute Gasteiger partial charge is 0.229 e. The summed E-state index contributed by atoms with van der Waals surface area (Å²) in [4.78, 5) is 0. The van der Waals surface area contributed by atoms with Crippen molar-refractivity contribution in [3.05, 3.63) is 41.7 Å². The van der Waals surface area contributed by atoms with E-state index >= 15 is 0 Å². The molecule has 0 saturated carbocycles. The molecule has 0 aliphatic heterocycles. The van der Waals surface area contributed by atoms with Gasteiger partial charge in [0.05, 0.1) is 12.3 Å². The monoisotopic (exact) mass is 316 g/mol. The molecular formula is C13H16N8S. The highest BCUT2D eigenvalue weighted by Gasteiger charge is 2.11. The summed E-state index contributed by atoms with van der Waals surface area (Å²) in [7, 11) is 0. The molecule has 3 rings (SSSR count). The van der Waals surface area contributed by atoms with Gasteiger partial charge in [-0.25, -0.2) is 9.36 Å². The molecule has 0 radical (unpaired) electrons. The molecule has 0 bridgehead atoms. The van der Waals surface area contributed by atoms with Crippen LogP contribution in [0.3, 0.4) is 0 Å². The molecule has 2 heterocycles. The minimum Gasteiger partial charge on any atom is -0.229 e. The summed E-state index contributed by atoms with van der Waals surface area (Å²) >= 11 is 1.53. The van der Waals surface area contributed by atoms with E-state index in [0.29, 0.717) is 12.3 Å². The molecule has 0 spiro atoms. The number of aromatic nitrogens is 8. The van der Waals surface area contributed by atoms with Crippen molar-refractivity contribution in [2.24, 2.45) is 0 Å². The molecule has 3 aromatic rings. The topological polar surface area (TPSA) is 87.2 Å². The van der Waals surface area contributed by atoms with Crippen molar-refractivity contribution >= 4 is 11.8 Å². The van der Waals surface area contributed by atoms with Gasteiger partial charge >= 0.3 is 0 Å². The van der Waals surface area contributed by atoms with E-state index in [0.717, 1.165) is 29.5 Å². The van der Waals surface area contributed by atoms with Gasteiger partial charge in [-0.15, -0.1) is 10.2 Å². The third-order valence-corrected chi connectivity index (χ3v) is 4.00. The highest BCUT2D eigenvalue weighted by molar-refractivity contribution is 7.98. The Morgan fingerprint density at radius 1 is 1.00 bits per heavy atom. The highest BCUT2D eigenvalue weighted by atomic mass is 32.2. The molecule has 8 nitrogen and oxygen atoms in total. The summed E-state index contributed by atoms with van der Waals surface area (Å²) in [5.41, 5.74) is 1.16. The van der Waals surface area contributed by atoms with Gasteiger partial charge < -0.3 is 0 Å². The fourth-order valence-corrected chi connectivity index (χ4v) is 2.81. The van der Waals surface area contributed by atoms with Gasteiger partial charge in [-0.05, 0) is 32.8 Å². The van der Waals surface area contributed by atoms with Crippen LogP contribution in [0.4, 0.5) is 0 Å². The van der Waals surface area contributed by atoms with E-state index in [-0.39, 0.29) is 0 Å². The molecule has 9 heteroatoms. The predicted molar refractivity (Wildman–Crippen MR) is 81.0 cm³/mol. The Morgan fingerprint density at radius 3 is 2.59 bits per heavy atom. The van der Waals surface area contributed by atoms with Crippen LogP contribution in [0.2, 0.25) is 0 Å². The second-order valence-electron chi connectivity index (χ2n) is 4.71. The Kier molecular flexibility index (Phi) is 4.74. The number of tetrazole rings is 2. The Bertz CT molecular complexity index is 708. The quantitative estimate of drug-likeness (QED) is 0.609. The standard InChI is InChI=1S/C13H16N8S/c1-2-8-20-12(14-16-18-20)10-22-13-15-17-19-21(13)9-11-6-4-3-5-7-11/h3-7H,2,8-10H2,1H3. The molecule has 0 aliphatic rings. The van der Waals surface area contributed by atoms with E-state index in [2.05, 4.69) is 50.1 Å². The summed E-state index contributed by atoms with van der Waals surface area (Å²) in [6.45, 7) is 3.56. The van der Waals surface area contributed by atoms with Crippen molar-refractivity contribution < 1.29 is 0 Å². The predicted octanol–water partition coefficient (Wildman–Crippen LogP) is 1.41. The maximum Gasteiger partial charge on any atom is 0.210 e. The van der Waals surface area contributed by atoms with Crippen LogP contribution >= 0.6 is 11.8 Å². The van der Waals surface area contributed by atoms with E-state index in [9.17, 15) is 0 Å². The number of aryl methyl sites for hydroxylation is 1. The number of nitrogens with zero attached hydrogens (tertiary/aromatic N) is 8. The summed E-state index contributed by atoms with van der Waals surface area (Å²) in [5, 5.41) is 24.4. The first-order valence-corrected chi connectivity index (χ1v) is 8.03. The zero-order chi connectivity index (χ0) is 15.2. The van der Waals surface area contributed by atoms with Gasteiger partial charge in [0.25, 0.3) is 0 Å². The Balaban J connectivity index is 1.66. The van der Waals surface area contributed by atoms with Crippen molar-refractivity contribution in [2.75, 3.05) is 0 Å². The summed E-state index contributed by atoms with van der Waals surface area (Å²) < 4.78 is 3.60. The van der Waals surface area contributed by atoms with Gasteiger partial charge in [-0.3, -0.25) is 0 Å². The van der Waals surface area contributed by atoms with Gasteiger partial charge in [-0.2, -0.15) is 0 Å². The van der Waals surface area contributed by atoms with Crippen molar-refractivity contribution in [2.45, 2.75) is 37.3 Å². The number of rotatable bonds is 7. The lowest BCUT2D eigenvalue weighted by atomic mass is 10.2. The first-order chi connectivity index (χ1) is 10.9. The number of thioether (sulfide) groups is 1. The normalized spacial score (nSPS) is 11.0. The van der Waals surface area contributed by atoms with E-state index in [1.54, 1.807) is 4.68 Å². The molecule has 0 unspecified atom stereocenters. The second-order valence-corrected chi connectivity index (χ2v) is 5.65. The average Bonchev–Trinajstić information content (AvgIpc) is 3.16. The molecule has 0 N–H and O–H groups in total. The van der Waals surface area contributed by atoms with Crippen molar-refractivity contribution in [3.63, 3.8) is 0 Å². The molecule has 0 saturated heterocycles. The van der Waals surface area contributed by atoms with E-state index in [1.165, 1.54) is 11.8 Å². The van der Waals surface area contributed by atoms with E-state index < -0.39 is 0 Å². The van der Waals surface area contributed by atoms with Crippen LogP contribution < -0.4 is 0 Å². The summed E-state index contributed by atoms with van der Waals surface area (Å²) in [6, 6.07) is 10.1. The third kappa shape index (κ3) is 3.48. The molecule has 0 fully saturated rings. The Morgan fingerprint density at radius 2 is 1.77 bits per heavy atom. The molecule has 0 aliphatic carbocycles. The lowest BCUT2D eigenvalue weighted by Crippen LogP contribution is -2.06. The maximum absolute atomic E-state index is 4.07. The molecule has 0 amide bonds. The fourth-order valence-electron chi connectivity index (χ4n) is 2.00. The molecule has 114 valence electrons. The van der Waals surface area contributed by atoms with Crippen molar-refractivity contribution in [1.29, 1.82) is 0 Å². The first kappa shape index (κ1) is 14.6. The highest BCUT2D eigenvalue weighted by Crippen LogP contribution is 2.19. The molecule has 2 aromatic heterocycles. The third-order valence-electron chi connectivity index (χ3n) is 3.05. The van der Waals surface area contributed by atoms with Crippen LogP contribution in [0.15, 0.2) is 35.5 Å². The molecule has 0 atom stereocenters. The number of hydrogen-bond acceptors (Lipinski definition) is 7. The van der Waals surface area contributed by atoms with Crippen LogP contribution in [0.25, 0.3) is 0 Å². The number of benzene rings is 1. The van der Waals surface area contributed by atoms with Gasteiger partial charge in [0.1, 0.15) is 0 Å². The van der Waals surface area contributed by atoms with Crippen LogP contribution in [-0.2, 0) is 18.8 Å². The summed E-state index contributed by atoms with van der Waals surface area (Å²) in [6.07, 6.45) is 0.994. The zero-order valence-corrected chi connectivity index (χ0v) is 13.0. The minimum absolute atomic E-state index is 0.641. The molecular weight excluding hydrogens is 300 g/mol. The number of hydrogen-bond donors (Lipinski definition) is 0. The van der Waals surface area contributed by atoms with Gasteiger partial charge in [0.2, 0.25) is 5.16 Å². The van der Waals surface area contributed by atoms with Crippen molar-refractivity contribution in [1.82, 2.24) is 40.4 Å². The zero-order valence-electron chi connectivity index (χ0n) is 12.2. The first-order valence-electron chi connectivity index (χ1n) is 7.04. The van der Waals surface area contributed by atoms with Crippen LogP contribution in [-0.4, -0.2) is 40.4 Å². The van der Waals surface area contributed by atoms with Crippen LogP contribution in [0.5, 0.6) is 0 Å². The SMILES string of the molecule is CCCn1nnnc1CSc1nnnn1Cc1ccccc1. The maximum atomic E-state index is 4.07. The minimum atomic E-state index is 0.641. The lowest BCUT2D eigenvalue weighted by molar-refractivity contribution is 0.563. The summed E-state index contributed by atoms with van der Waals surface area (Å²) in [5.74, 6) is 1.48. The van der Waals surface area contributed by atoms with Crippen LogP contribution in [0, 0.1) is 0 Å². The molecule has 1 aromatic carbocycles. The average molecular weight is 316 g/mol. The molecule has 22 heavy (non-hydrogen) atoms. The van der Waals surface area contributed by atoms with Gasteiger partial charge in [0, 0.05) is 6.54 Å². The van der Waals surface area contributed by atoms with Gasteiger partial charge in [0.15, 0.2) is 5.82 Å². The lowest BCUT2D eigenvalue weighted by Gasteiger charge is -2.04. The van der Waals surface area contributed by atoms with Gasteiger partial charge in [-0.1, -0.05) is 49.0 Å². The van der Waals surface area contributed by atoms with Crippen molar-refractivity contribution in [3.8, 4) is 0 Å². The smallest absolute Gasteiger partial charge is 0.210 e. The van der Waals surface area contributed by atoms with E-state index in [1.807, 2.05) is 22.9 Å². The van der Waals surface area contributed by atoms with Crippen LogP contribution in [0.1, 0.15) is 24.7 Å². The Labute approximate surface area is 131 Å². The second kappa shape index (κ2) is 7.12. The Hall–Kier alpha value is -2.29. The van der Waals surface area contributed by atoms with E-state index in [4.69, 9.17) is 0 Å².